The summed E-state index contributed by atoms with van der Waals surface area (Å²) in [4.78, 5) is 12.6. The summed E-state index contributed by atoms with van der Waals surface area (Å²) in [7, 11) is -3.47. The molecule has 0 bridgehead atoms. The normalized spacial score (nSPS) is 18.2. The van der Waals surface area contributed by atoms with Crippen LogP contribution in [0.3, 0.4) is 0 Å². The minimum absolute atomic E-state index is 0.311. The van der Waals surface area contributed by atoms with Crippen molar-refractivity contribution in [2.24, 2.45) is 0 Å². The fourth-order valence-electron chi connectivity index (χ4n) is 2.71. The fraction of sp³-hybridized carbons (Fsp3) is 0.533. The van der Waals surface area contributed by atoms with Gasteiger partial charge in [0.05, 0.1) is 0 Å². The van der Waals surface area contributed by atoms with Crippen molar-refractivity contribution in [3.05, 3.63) is 29.8 Å². The Balaban J connectivity index is 2.27. The van der Waals surface area contributed by atoms with E-state index in [0.29, 0.717) is 31.6 Å². The van der Waals surface area contributed by atoms with Gasteiger partial charge in [0, 0.05) is 11.9 Å². The van der Waals surface area contributed by atoms with Crippen LogP contribution in [-0.4, -0.2) is 38.4 Å². The van der Waals surface area contributed by atoms with Gasteiger partial charge in [-0.15, -0.1) is 0 Å². The number of amides is 1. The van der Waals surface area contributed by atoms with Gasteiger partial charge in [-0.25, -0.2) is 8.42 Å². The number of benzene rings is 1. The molecule has 0 atom stereocenters. The van der Waals surface area contributed by atoms with Gasteiger partial charge in [-0.05, 0) is 50.0 Å². The molecule has 0 spiro atoms. The summed E-state index contributed by atoms with van der Waals surface area (Å²) in [6, 6.07) is 7.51. The first-order chi connectivity index (χ1) is 9.89. The maximum absolute atomic E-state index is 12.6. The Morgan fingerprint density at radius 1 is 1.33 bits per heavy atom. The van der Waals surface area contributed by atoms with Gasteiger partial charge < -0.3 is 10.6 Å². The molecule has 5 nitrogen and oxygen atoms in total. The lowest BCUT2D eigenvalue weighted by Crippen LogP contribution is -2.55. The minimum atomic E-state index is -3.47. The lowest BCUT2D eigenvalue weighted by atomic mass is 9.95. The predicted molar refractivity (Wildman–Crippen MR) is 84.1 cm³/mol. The summed E-state index contributed by atoms with van der Waals surface area (Å²) in [6.07, 6.45) is 2.64. The van der Waals surface area contributed by atoms with Gasteiger partial charge in [0.2, 0.25) is 5.91 Å². The van der Waals surface area contributed by atoms with Gasteiger partial charge in [-0.3, -0.25) is 4.79 Å². The van der Waals surface area contributed by atoms with Crippen molar-refractivity contribution < 1.29 is 13.2 Å². The van der Waals surface area contributed by atoms with Crippen molar-refractivity contribution in [2.75, 3.05) is 24.7 Å². The van der Waals surface area contributed by atoms with Crippen LogP contribution in [0.4, 0.5) is 5.69 Å². The van der Waals surface area contributed by atoms with Gasteiger partial charge >= 0.3 is 0 Å². The van der Waals surface area contributed by atoms with Crippen molar-refractivity contribution in [3.63, 3.8) is 0 Å². The third-order valence-corrected chi connectivity index (χ3v) is 6.14. The third-order valence-electron chi connectivity index (χ3n) is 4.13. The van der Waals surface area contributed by atoms with Crippen molar-refractivity contribution in [1.82, 2.24) is 5.32 Å². The highest BCUT2D eigenvalue weighted by atomic mass is 32.2. The molecule has 0 unspecified atom stereocenters. The summed E-state index contributed by atoms with van der Waals surface area (Å²) >= 11 is 0. The van der Waals surface area contributed by atoms with Crippen LogP contribution in [0, 0.1) is 0 Å². The molecule has 1 aliphatic heterocycles. The van der Waals surface area contributed by atoms with E-state index in [-0.39, 0.29) is 0 Å². The van der Waals surface area contributed by atoms with Crippen LogP contribution in [0.5, 0.6) is 0 Å². The highest BCUT2D eigenvalue weighted by Gasteiger charge is 2.48. The predicted octanol–water partition coefficient (Wildman–Crippen LogP) is 1.35. The molecule has 1 aromatic rings. The second-order valence-corrected chi connectivity index (χ2v) is 7.85. The van der Waals surface area contributed by atoms with E-state index in [9.17, 15) is 13.2 Å². The Morgan fingerprint density at radius 3 is 2.57 bits per heavy atom. The number of hydrogen-bond acceptors (Lipinski definition) is 4. The van der Waals surface area contributed by atoms with Crippen LogP contribution in [0.2, 0.25) is 0 Å². The number of carbonyl (C=O) groups is 1. The van der Waals surface area contributed by atoms with Crippen LogP contribution < -0.4 is 10.6 Å². The van der Waals surface area contributed by atoms with E-state index in [1.807, 2.05) is 25.1 Å². The maximum atomic E-state index is 12.6. The van der Waals surface area contributed by atoms with Gasteiger partial charge in [0.1, 0.15) is 0 Å². The molecule has 2 rings (SSSR count). The van der Waals surface area contributed by atoms with Gasteiger partial charge in [0.15, 0.2) is 14.6 Å². The summed E-state index contributed by atoms with van der Waals surface area (Å²) < 4.78 is 23.0. The van der Waals surface area contributed by atoms with Crippen molar-refractivity contribution in [2.45, 2.75) is 30.9 Å². The largest absolute Gasteiger partial charge is 0.325 e. The van der Waals surface area contributed by atoms with Gasteiger partial charge in [0.25, 0.3) is 0 Å². The number of sulfone groups is 1. The van der Waals surface area contributed by atoms with Crippen molar-refractivity contribution >= 4 is 21.4 Å². The average Bonchev–Trinajstić information content (AvgIpc) is 2.47. The molecular formula is C15H22N2O3S. The number of rotatable bonds is 4. The summed E-state index contributed by atoms with van der Waals surface area (Å²) in [6.45, 7) is 3.11. The monoisotopic (exact) mass is 310 g/mol. The van der Waals surface area contributed by atoms with E-state index in [2.05, 4.69) is 10.6 Å². The van der Waals surface area contributed by atoms with Crippen LogP contribution in [0.15, 0.2) is 24.3 Å². The number of anilines is 1. The Kier molecular flexibility index (Phi) is 4.68. The number of hydrogen-bond donors (Lipinski definition) is 2. The van der Waals surface area contributed by atoms with Crippen LogP contribution >= 0.6 is 0 Å². The number of carbonyl (C=O) groups excluding carboxylic acids is 1. The number of piperidine rings is 1. The second kappa shape index (κ2) is 6.15. The zero-order valence-corrected chi connectivity index (χ0v) is 13.3. The number of aryl methyl sites for hydroxylation is 1. The molecule has 0 saturated carbocycles. The topological polar surface area (TPSA) is 75.3 Å². The zero-order chi connectivity index (χ0) is 15.5. The lowest BCUT2D eigenvalue weighted by Gasteiger charge is -2.34. The van der Waals surface area contributed by atoms with Gasteiger partial charge in [-0.1, -0.05) is 19.1 Å². The van der Waals surface area contributed by atoms with Crippen molar-refractivity contribution in [3.8, 4) is 0 Å². The highest BCUT2D eigenvalue weighted by molar-refractivity contribution is 7.92. The smallest absolute Gasteiger partial charge is 0.245 e. The molecule has 0 radical (unpaired) electrons. The minimum Gasteiger partial charge on any atom is -0.325 e. The highest BCUT2D eigenvalue weighted by Crippen LogP contribution is 2.29. The quantitative estimate of drug-likeness (QED) is 0.880. The van der Waals surface area contributed by atoms with Crippen LogP contribution in [0.25, 0.3) is 0 Å². The Bertz CT molecular complexity index is 620. The maximum Gasteiger partial charge on any atom is 0.245 e. The van der Waals surface area contributed by atoms with E-state index >= 15 is 0 Å². The Hall–Kier alpha value is -1.40. The Labute approximate surface area is 126 Å². The molecular weight excluding hydrogens is 288 g/mol. The summed E-state index contributed by atoms with van der Waals surface area (Å²) in [5, 5.41) is 5.89. The molecule has 0 aliphatic carbocycles. The molecule has 1 aliphatic rings. The summed E-state index contributed by atoms with van der Waals surface area (Å²) in [5.74, 6) is -0.417. The van der Waals surface area contributed by atoms with E-state index < -0.39 is 20.5 Å². The first-order valence-corrected chi connectivity index (χ1v) is 9.09. The summed E-state index contributed by atoms with van der Waals surface area (Å²) in [5.41, 5.74) is 1.76. The zero-order valence-electron chi connectivity index (χ0n) is 12.5. The standard InChI is InChI=1S/C15H22N2O3S/c1-3-12-5-4-6-13(11-12)17-14(18)15(21(2,19)20)7-9-16-10-8-15/h4-6,11,16H,3,7-10H2,1-2H3,(H,17,18). The Morgan fingerprint density at radius 2 is 2.00 bits per heavy atom. The van der Waals surface area contributed by atoms with Crippen LogP contribution in [0.1, 0.15) is 25.3 Å². The van der Waals surface area contributed by atoms with Crippen LogP contribution in [-0.2, 0) is 21.1 Å². The number of nitrogens with one attached hydrogen (secondary N) is 2. The fourth-order valence-corrected chi connectivity index (χ4v) is 4.04. The third kappa shape index (κ3) is 3.27. The molecule has 116 valence electrons. The van der Waals surface area contributed by atoms with Crippen molar-refractivity contribution in [1.29, 1.82) is 0 Å². The van der Waals surface area contributed by atoms with Gasteiger partial charge in [-0.2, -0.15) is 0 Å². The first kappa shape index (κ1) is 16.0. The molecule has 1 amide bonds. The first-order valence-electron chi connectivity index (χ1n) is 7.20. The molecule has 0 aromatic heterocycles. The van der Waals surface area contributed by atoms with E-state index in [4.69, 9.17) is 0 Å². The average molecular weight is 310 g/mol. The molecule has 2 N–H and O–H groups in total. The SMILES string of the molecule is CCc1cccc(NC(=O)C2(S(C)(=O)=O)CCNCC2)c1. The van der Waals surface area contributed by atoms with E-state index in [1.165, 1.54) is 0 Å². The van der Waals surface area contributed by atoms with E-state index in [0.717, 1.165) is 18.2 Å². The molecule has 21 heavy (non-hydrogen) atoms. The lowest BCUT2D eigenvalue weighted by molar-refractivity contribution is -0.119. The second-order valence-electron chi connectivity index (χ2n) is 5.52. The molecule has 6 heteroatoms. The molecule has 1 saturated heterocycles. The molecule has 1 aromatic carbocycles. The molecule has 1 heterocycles. The van der Waals surface area contributed by atoms with E-state index in [1.54, 1.807) is 6.07 Å². The molecule has 1 fully saturated rings.